The van der Waals surface area contributed by atoms with E-state index in [4.69, 9.17) is 4.74 Å². The highest BCUT2D eigenvalue weighted by Crippen LogP contribution is 2.33. The summed E-state index contributed by atoms with van der Waals surface area (Å²) < 4.78 is 4.71. The van der Waals surface area contributed by atoms with Crippen LogP contribution in [0.4, 0.5) is 0 Å². The Bertz CT molecular complexity index is 220. The van der Waals surface area contributed by atoms with Crippen molar-refractivity contribution in [3.8, 4) is 0 Å². The van der Waals surface area contributed by atoms with Crippen LogP contribution in [0.1, 0.15) is 44.9 Å². The van der Waals surface area contributed by atoms with Crippen LogP contribution in [-0.4, -0.2) is 29.5 Å². The molecule has 0 aromatic heterocycles. The largest absolute Gasteiger partial charge is 0.369 e. The molecule has 0 heterocycles. The van der Waals surface area contributed by atoms with Crippen molar-refractivity contribution < 1.29 is 9.53 Å². The van der Waals surface area contributed by atoms with Gasteiger partial charge in [0.2, 0.25) is 5.91 Å². The van der Waals surface area contributed by atoms with Gasteiger partial charge < -0.3 is 9.64 Å². The molecule has 2 saturated carbocycles. The van der Waals surface area contributed by atoms with E-state index >= 15 is 0 Å². The first-order valence-corrected chi connectivity index (χ1v) is 6.01. The molecule has 2 rings (SSSR count). The highest BCUT2D eigenvalue weighted by molar-refractivity contribution is 5.78. The van der Waals surface area contributed by atoms with Crippen LogP contribution in [0.15, 0.2) is 0 Å². The van der Waals surface area contributed by atoms with E-state index in [0.29, 0.717) is 12.1 Å². The smallest absolute Gasteiger partial charge is 0.249 e. The first-order valence-electron chi connectivity index (χ1n) is 6.01. The summed E-state index contributed by atoms with van der Waals surface area (Å²) in [4.78, 5) is 14.0. The van der Waals surface area contributed by atoms with Gasteiger partial charge in [0.05, 0.1) is 7.11 Å². The molecule has 0 spiro atoms. The Morgan fingerprint density at radius 2 is 1.73 bits per heavy atom. The molecule has 1 amide bonds. The second kappa shape index (κ2) is 4.97. The van der Waals surface area contributed by atoms with Crippen LogP contribution in [0.3, 0.4) is 0 Å². The van der Waals surface area contributed by atoms with Gasteiger partial charge in [-0.05, 0) is 25.7 Å². The minimum atomic E-state index is 0.138. The fraction of sp³-hybridized carbons (Fsp3) is 0.833. The van der Waals surface area contributed by atoms with E-state index in [1.165, 1.54) is 44.9 Å². The number of nitrogens with zero attached hydrogens (tertiary/aromatic N) is 1. The maximum Gasteiger partial charge on any atom is 0.249 e. The first-order chi connectivity index (χ1) is 7.33. The SMILES string of the molecule is [CH2]OCC(=O)N(C1CCCCC1)C1CC1. The van der Waals surface area contributed by atoms with Gasteiger partial charge in [-0.15, -0.1) is 0 Å². The van der Waals surface area contributed by atoms with Crippen molar-refractivity contribution in [1.29, 1.82) is 0 Å². The zero-order chi connectivity index (χ0) is 10.7. The van der Waals surface area contributed by atoms with E-state index in [1.807, 2.05) is 0 Å². The Morgan fingerprint density at radius 3 is 2.27 bits per heavy atom. The molecule has 0 aromatic carbocycles. The normalized spacial score (nSPS) is 22.7. The minimum absolute atomic E-state index is 0.138. The zero-order valence-electron chi connectivity index (χ0n) is 9.28. The zero-order valence-corrected chi connectivity index (χ0v) is 9.28. The van der Waals surface area contributed by atoms with Gasteiger partial charge in [-0.1, -0.05) is 19.3 Å². The fourth-order valence-corrected chi connectivity index (χ4v) is 2.58. The summed E-state index contributed by atoms with van der Waals surface area (Å²) in [5.74, 6) is 0.138. The molecule has 0 unspecified atom stereocenters. The van der Waals surface area contributed by atoms with Crippen LogP contribution in [0, 0.1) is 7.11 Å². The Morgan fingerprint density at radius 1 is 1.13 bits per heavy atom. The van der Waals surface area contributed by atoms with Gasteiger partial charge in [-0.3, -0.25) is 4.79 Å². The number of ether oxygens (including phenoxy) is 1. The number of carbonyl (C=O) groups is 1. The monoisotopic (exact) mass is 210 g/mol. The number of hydrogen-bond acceptors (Lipinski definition) is 2. The standard InChI is InChI=1S/C12H20NO2/c1-15-9-12(14)13(11-7-8-11)10-5-3-2-4-6-10/h10-11H,1-9H2. The molecule has 2 fully saturated rings. The average Bonchev–Trinajstić information content (AvgIpc) is 3.04. The van der Waals surface area contributed by atoms with Crippen LogP contribution in [0.2, 0.25) is 0 Å². The molecule has 1 radical (unpaired) electrons. The summed E-state index contributed by atoms with van der Waals surface area (Å²) in [6, 6.07) is 0.990. The summed E-state index contributed by atoms with van der Waals surface area (Å²) >= 11 is 0. The van der Waals surface area contributed by atoms with E-state index in [1.54, 1.807) is 0 Å². The molecule has 2 aliphatic carbocycles. The number of amides is 1. The summed E-state index contributed by atoms with van der Waals surface area (Å²) in [6.07, 6.45) is 8.59. The van der Waals surface area contributed by atoms with E-state index in [9.17, 15) is 4.79 Å². The van der Waals surface area contributed by atoms with Crippen molar-refractivity contribution in [2.45, 2.75) is 57.0 Å². The van der Waals surface area contributed by atoms with Gasteiger partial charge in [0.15, 0.2) is 0 Å². The Hall–Kier alpha value is -0.570. The molecule has 0 bridgehead atoms. The van der Waals surface area contributed by atoms with Crippen LogP contribution < -0.4 is 0 Å². The molecule has 0 N–H and O–H groups in total. The number of hydrogen-bond donors (Lipinski definition) is 0. The first kappa shape index (κ1) is 10.9. The van der Waals surface area contributed by atoms with Gasteiger partial charge in [-0.2, -0.15) is 0 Å². The molecule has 0 aliphatic heterocycles. The minimum Gasteiger partial charge on any atom is -0.369 e. The molecule has 2 aliphatic rings. The van der Waals surface area contributed by atoms with E-state index in [0.717, 1.165) is 0 Å². The maximum atomic E-state index is 11.9. The predicted molar refractivity (Wildman–Crippen MR) is 58.1 cm³/mol. The van der Waals surface area contributed by atoms with E-state index in [2.05, 4.69) is 12.0 Å². The summed E-state index contributed by atoms with van der Waals surface area (Å²) in [5, 5.41) is 0. The lowest BCUT2D eigenvalue weighted by Crippen LogP contribution is -2.44. The average molecular weight is 210 g/mol. The molecule has 15 heavy (non-hydrogen) atoms. The number of rotatable bonds is 4. The fourth-order valence-electron chi connectivity index (χ4n) is 2.58. The van der Waals surface area contributed by atoms with Crippen molar-refractivity contribution in [2.24, 2.45) is 0 Å². The van der Waals surface area contributed by atoms with E-state index in [-0.39, 0.29) is 12.5 Å². The molecule has 85 valence electrons. The molecule has 0 aromatic rings. The molecule has 0 saturated heterocycles. The van der Waals surface area contributed by atoms with Crippen molar-refractivity contribution >= 4 is 5.91 Å². The molecule has 3 nitrogen and oxygen atoms in total. The number of carbonyl (C=O) groups excluding carboxylic acids is 1. The molecule has 3 heteroatoms. The lowest BCUT2D eigenvalue weighted by atomic mass is 9.94. The van der Waals surface area contributed by atoms with Crippen molar-refractivity contribution in [1.82, 2.24) is 4.90 Å². The van der Waals surface area contributed by atoms with Gasteiger partial charge in [0.1, 0.15) is 6.61 Å². The highest BCUT2D eigenvalue weighted by Gasteiger charge is 2.37. The predicted octanol–water partition coefficient (Wildman–Crippen LogP) is 2.12. The maximum absolute atomic E-state index is 11.9. The lowest BCUT2D eigenvalue weighted by molar-refractivity contribution is -0.138. The third-order valence-corrected chi connectivity index (χ3v) is 3.42. The van der Waals surface area contributed by atoms with Gasteiger partial charge in [-0.25, -0.2) is 0 Å². The molecular weight excluding hydrogens is 190 g/mol. The summed E-state index contributed by atoms with van der Waals surface area (Å²) in [5.41, 5.74) is 0. The van der Waals surface area contributed by atoms with Crippen molar-refractivity contribution in [2.75, 3.05) is 6.61 Å². The van der Waals surface area contributed by atoms with Crippen LogP contribution >= 0.6 is 0 Å². The third-order valence-electron chi connectivity index (χ3n) is 3.42. The quantitative estimate of drug-likeness (QED) is 0.711. The van der Waals surface area contributed by atoms with Crippen LogP contribution in [0.5, 0.6) is 0 Å². The summed E-state index contributed by atoms with van der Waals surface area (Å²) in [7, 11) is 3.29. The van der Waals surface area contributed by atoms with Crippen LogP contribution in [0.25, 0.3) is 0 Å². The molecule has 0 atom stereocenters. The van der Waals surface area contributed by atoms with Gasteiger partial charge in [0, 0.05) is 12.1 Å². The third kappa shape index (κ3) is 2.71. The Balaban J connectivity index is 1.94. The second-order valence-corrected chi connectivity index (χ2v) is 4.67. The second-order valence-electron chi connectivity index (χ2n) is 4.67. The Kier molecular flexibility index (Phi) is 3.62. The topological polar surface area (TPSA) is 29.5 Å². The summed E-state index contributed by atoms with van der Waals surface area (Å²) in [6.45, 7) is 0.146. The highest BCUT2D eigenvalue weighted by atomic mass is 16.5. The van der Waals surface area contributed by atoms with Gasteiger partial charge in [0.25, 0.3) is 0 Å². The van der Waals surface area contributed by atoms with Gasteiger partial charge >= 0.3 is 0 Å². The lowest BCUT2D eigenvalue weighted by Gasteiger charge is -2.34. The van der Waals surface area contributed by atoms with Crippen molar-refractivity contribution in [3.05, 3.63) is 7.11 Å². The molecular formula is C12H20NO2. The van der Waals surface area contributed by atoms with Crippen LogP contribution in [-0.2, 0) is 9.53 Å². The van der Waals surface area contributed by atoms with E-state index < -0.39 is 0 Å². The Labute approximate surface area is 91.8 Å². The van der Waals surface area contributed by atoms with Crippen molar-refractivity contribution in [3.63, 3.8) is 0 Å².